The van der Waals surface area contributed by atoms with Crippen molar-refractivity contribution in [2.75, 3.05) is 27.2 Å². The highest BCUT2D eigenvalue weighted by Crippen LogP contribution is 2.10. The number of nitrogens with one attached hydrogen (secondary N) is 1. The Kier molecular flexibility index (Phi) is 9.42. The normalized spacial score (nSPS) is 13.5. The lowest BCUT2D eigenvalue weighted by Gasteiger charge is -2.27. The summed E-state index contributed by atoms with van der Waals surface area (Å²) in [6.07, 6.45) is 6.60. The first-order valence-electron chi connectivity index (χ1n) is 6.11. The maximum Gasteiger partial charge on any atom is 0.00895 e. The Hall–Kier alpha value is -0.0800. The average Bonchev–Trinajstić information content (AvgIpc) is 2.19. The lowest BCUT2D eigenvalue weighted by atomic mass is 10.1. The van der Waals surface area contributed by atoms with Gasteiger partial charge in [-0.2, -0.15) is 0 Å². The van der Waals surface area contributed by atoms with Gasteiger partial charge in [0.05, 0.1) is 0 Å². The van der Waals surface area contributed by atoms with Gasteiger partial charge < -0.3 is 10.2 Å². The Balaban J connectivity index is 3.61. The summed E-state index contributed by atoms with van der Waals surface area (Å²) in [7, 11) is 4.29. The number of hydrogen-bond acceptors (Lipinski definition) is 2. The highest BCUT2D eigenvalue weighted by atomic mass is 15.1. The van der Waals surface area contributed by atoms with E-state index in [-0.39, 0.29) is 0 Å². The van der Waals surface area contributed by atoms with E-state index in [9.17, 15) is 0 Å². The van der Waals surface area contributed by atoms with E-state index in [1.54, 1.807) is 0 Å². The van der Waals surface area contributed by atoms with Crippen LogP contribution in [-0.2, 0) is 0 Å². The van der Waals surface area contributed by atoms with Crippen LogP contribution in [-0.4, -0.2) is 38.1 Å². The summed E-state index contributed by atoms with van der Waals surface area (Å²) in [5, 5.41) is 3.20. The van der Waals surface area contributed by atoms with Gasteiger partial charge in [-0.05, 0) is 46.4 Å². The molecule has 0 aliphatic rings. The lowest BCUT2D eigenvalue weighted by molar-refractivity contribution is 0.218. The number of unbranched alkanes of at least 4 members (excludes halogenated alkanes) is 1. The zero-order valence-electron chi connectivity index (χ0n) is 10.5. The molecule has 1 atom stereocenters. The molecule has 1 N–H and O–H groups in total. The molecule has 0 heterocycles. The smallest absolute Gasteiger partial charge is 0.00895 e. The van der Waals surface area contributed by atoms with Gasteiger partial charge >= 0.3 is 0 Å². The van der Waals surface area contributed by atoms with Crippen molar-refractivity contribution in [3.05, 3.63) is 0 Å². The van der Waals surface area contributed by atoms with Crippen LogP contribution in [0.4, 0.5) is 0 Å². The molecule has 0 aromatic heterocycles. The molecular formula is C12H28N2. The highest BCUT2D eigenvalue weighted by Gasteiger charge is 2.10. The van der Waals surface area contributed by atoms with Gasteiger partial charge in [0.15, 0.2) is 0 Å². The molecule has 0 saturated heterocycles. The third-order valence-electron chi connectivity index (χ3n) is 2.92. The summed E-state index contributed by atoms with van der Waals surface area (Å²) >= 11 is 0. The van der Waals surface area contributed by atoms with Crippen molar-refractivity contribution in [1.82, 2.24) is 10.2 Å². The number of nitrogens with zero attached hydrogens (tertiary/aromatic N) is 1. The van der Waals surface area contributed by atoms with Gasteiger partial charge in [-0.15, -0.1) is 0 Å². The van der Waals surface area contributed by atoms with Crippen molar-refractivity contribution >= 4 is 0 Å². The van der Waals surface area contributed by atoms with Crippen LogP contribution in [0.25, 0.3) is 0 Å². The predicted octanol–water partition coefficient (Wildman–Crippen LogP) is 2.50. The molecule has 0 saturated carbocycles. The SMILES string of the molecule is CCCCC(CC)N(C)CCCNC. The van der Waals surface area contributed by atoms with Crippen LogP contribution in [0.2, 0.25) is 0 Å². The van der Waals surface area contributed by atoms with E-state index < -0.39 is 0 Å². The maximum absolute atomic E-state index is 3.20. The van der Waals surface area contributed by atoms with E-state index in [0.29, 0.717) is 0 Å². The van der Waals surface area contributed by atoms with Gasteiger partial charge in [0, 0.05) is 6.04 Å². The molecular weight excluding hydrogens is 172 g/mol. The minimum Gasteiger partial charge on any atom is -0.320 e. The molecule has 2 nitrogen and oxygen atoms in total. The van der Waals surface area contributed by atoms with Crippen LogP contribution in [0.3, 0.4) is 0 Å². The fourth-order valence-electron chi connectivity index (χ4n) is 1.86. The second kappa shape index (κ2) is 9.47. The molecule has 0 spiro atoms. The Morgan fingerprint density at radius 2 is 1.93 bits per heavy atom. The first-order chi connectivity index (χ1) is 6.76. The molecule has 0 radical (unpaired) electrons. The van der Waals surface area contributed by atoms with E-state index in [0.717, 1.165) is 12.6 Å². The zero-order valence-corrected chi connectivity index (χ0v) is 10.5. The summed E-state index contributed by atoms with van der Waals surface area (Å²) in [4.78, 5) is 2.52. The minimum absolute atomic E-state index is 0.798. The summed E-state index contributed by atoms with van der Waals surface area (Å²) < 4.78 is 0. The monoisotopic (exact) mass is 200 g/mol. The van der Waals surface area contributed by atoms with Crippen molar-refractivity contribution in [3.63, 3.8) is 0 Å². The van der Waals surface area contributed by atoms with Crippen LogP contribution >= 0.6 is 0 Å². The van der Waals surface area contributed by atoms with Crippen molar-refractivity contribution in [2.24, 2.45) is 0 Å². The third-order valence-corrected chi connectivity index (χ3v) is 2.92. The molecule has 1 unspecified atom stereocenters. The van der Waals surface area contributed by atoms with Gasteiger partial charge in [0.25, 0.3) is 0 Å². The quantitative estimate of drug-likeness (QED) is 0.575. The largest absolute Gasteiger partial charge is 0.320 e. The van der Waals surface area contributed by atoms with Gasteiger partial charge in [-0.3, -0.25) is 0 Å². The van der Waals surface area contributed by atoms with Crippen molar-refractivity contribution in [1.29, 1.82) is 0 Å². The molecule has 86 valence electrons. The Morgan fingerprint density at radius 3 is 2.43 bits per heavy atom. The summed E-state index contributed by atoms with van der Waals surface area (Å²) in [5.41, 5.74) is 0. The fraction of sp³-hybridized carbons (Fsp3) is 1.00. The molecule has 2 heteroatoms. The highest BCUT2D eigenvalue weighted by molar-refractivity contribution is 4.67. The summed E-state index contributed by atoms with van der Waals surface area (Å²) in [6.45, 7) is 6.93. The summed E-state index contributed by atoms with van der Waals surface area (Å²) in [6, 6.07) is 0.798. The standard InChI is InChI=1S/C12H28N2/c1-5-7-9-12(6-2)14(4)11-8-10-13-3/h12-13H,5-11H2,1-4H3. The van der Waals surface area contributed by atoms with Crippen molar-refractivity contribution < 1.29 is 0 Å². The van der Waals surface area contributed by atoms with Crippen molar-refractivity contribution in [2.45, 2.75) is 52.0 Å². The van der Waals surface area contributed by atoms with Crippen LogP contribution < -0.4 is 5.32 Å². The van der Waals surface area contributed by atoms with Crippen molar-refractivity contribution in [3.8, 4) is 0 Å². The maximum atomic E-state index is 3.20. The second-order valence-corrected chi connectivity index (χ2v) is 4.14. The lowest BCUT2D eigenvalue weighted by Crippen LogP contribution is -2.33. The first-order valence-corrected chi connectivity index (χ1v) is 6.11. The molecule has 14 heavy (non-hydrogen) atoms. The van der Waals surface area contributed by atoms with Crippen LogP contribution in [0.15, 0.2) is 0 Å². The van der Waals surface area contributed by atoms with E-state index in [1.165, 1.54) is 38.6 Å². The predicted molar refractivity (Wildman–Crippen MR) is 64.8 cm³/mol. The third kappa shape index (κ3) is 6.39. The Labute approximate surface area is 90.1 Å². The molecule has 0 aliphatic carbocycles. The topological polar surface area (TPSA) is 15.3 Å². The van der Waals surface area contributed by atoms with E-state index in [4.69, 9.17) is 0 Å². The van der Waals surface area contributed by atoms with Crippen LogP contribution in [0, 0.1) is 0 Å². The molecule has 0 aliphatic heterocycles. The van der Waals surface area contributed by atoms with Crippen LogP contribution in [0.5, 0.6) is 0 Å². The van der Waals surface area contributed by atoms with Gasteiger partial charge in [-0.25, -0.2) is 0 Å². The molecule has 0 amide bonds. The molecule has 0 fully saturated rings. The second-order valence-electron chi connectivity index (χ2n) is 4.14. The van der Waals surface area contributed by atoms with E-state index in [1.807, 2.05) is 7.05 Å². The fourth-order valence-corrected chi connectivity index (χ4v) is 1.86. The molecule has 0 aromatic carbocycles. The van der Waals surface area contributed by atoms with E-state index in [2.05, 4.69) is 31.1 Å². The minimum atomic E-state index is 0.798. The first kappa shape index (κ1) is 13.9. The average molecular weight is 200 g/mol. The van der Waals surface area contributed by atoms with Gasteiger partial charge in [0.2, 0.25) is 0 Å². The summed E-state index contributed by atoms with van der Waals surface area (Å²) in [5.74, 6) is 0. The van der Waals surface area contributed by atoms with E-state index >= 15 is 0 Å². The van der Waals surface area contributed by atoms with Crippen LogP contribution in [0.1, 0.15) is 46.0 Å². The zero-order chi connectivity index (χ0) is 10.8. The van der Waals surface area contributed by atoms with Gasteiger partial charge in [0.1, 0.15) is 0 Å². The molecule has 0 bridgehead atoms. The Morgan fingerprint density at radius 1 is 1.21 bits per heavy atom. The number of rotatable bonds is 9. The number of hydrogen-bond donors (Lipinski definition) is 1. The van der Waals surface area contributed by atoms with Gasteiger partial charge in [-0.1, -0.05) is 26.7 Å². The Bertz CT molecular complexity index is 115. The molecule has 0 aromatic rings. The molecule has 0 rings (SSSR count).